The second-order valence-electron chi connectivity index (χ2n) is 28.1. The average Bonchev–Trinajstić information content (AvgIpc) is 3.76. The number of carbonyl (C=O) groups is 2. The minimum Gasteiger partial charge on any atom is -0.381 e. The van der Waals surface area contributed by atoms with E-state index < -0.39 is 11.2 Å². The summed E-state index contributed by atoms with van der Waals surface area (Å²) in [5.41, 5.74) is 2.71. The largest absolute Gasteiger partial charge is 0.381 e. The second kappa shape index (κ2) is 20.2. The first-order chi connectivity index (χ1) is 35.0. The van der Waals surface area contributed by atoms with Crippen LogP contribution in [0.1, 0.15) is 196 Å². The van der Waals surface area contributed by atoms with Crippen molar-refractivity contribution in [2.24, 2.45) is 69.0 Å². The van der Waals surface area contributed by atoms with Gasteiger partial charge in [-0.15, -0.1) is 0 Å². The van der Waals surface area contributed by atoms with Crippen LogP contribution in [0.3, 0.4) is 0 Å². The molecule has 0 amide bonds. The predicted octanol–water partition coefficient (Wildman–Crippen LogP) is 14.5. The molecule has 2 aromatic rings. The molecule has 10 rings (SSSR count). The Labute approximate surface area is 450 Å². The number of anilines is 2. The van der Waals surface area contributed by atoms with Crippen molar-refractivity contribution in [3.63, 3.8) is 0 Å². The van der Waals surface area contributed by atoms with Gasteiger partial charge in [0.05, 0.1) is 11.4 Å². The molecule has 3 N–H and O–H groups in total. The Morgan fingerprint density at radius 1 is 0.627 bits per heavy atom. The molecule has 0 bridgehead atoms. The van der Waals surface area contributed by atoms with Crippen molar-refractivity contribution in [2.75, 3.05) is 17.3 Å². The molecular weight excluding hydrogens is 935 g/mol. The fraction of sp³-hybridized carbons (Fsp3) is 0.672. The van der Waals surface area contributed by atoms with E-state index in [1.807, 2.05) is 50.1 Å². The molecule has 8 aliphatic rings. The van der Waals surface area contributed by atoms with Crippen LogP contribution in [0.2, 0.25) is 0 Å². The lowest BCUT2D eigenvalue weighted by Gasteiger charge is -2.58. The van der Waals surface area contributed by atoms with E-state index in [0.29, 0.717) is 84.4 Å². The lowest BCUT2D eigenvalue weighted by molar-refractivity contribution is -0.118. The quantitative estimate of drug-likeness (QED) is 0.250. The number of carbonyl (C=O) groups excluding carboxylic acids is 2. The van der Waals surface area contributed by atoms with Crippen LogP contribution in [0.15, 0.2) is 59.7 Å². The van der Waals surface area contributed by atoms with Crippen LogP contribution in [0.4, 0.5) is 20.2 Å². The number of hydrogen-bond acceptors (Lipinski definition) is 6. The number of fused-ring (bicyclic) bond motifs is 10. The van der Waals surface area contributed by atoms with E-state index in [9.17, 15) is 19.8 Å². The Bertz CT molecular complexity index is 2740. The maximum absolute atomic E-state index is 15.6. The molecule has 0 saturated heterocycles. The van der Waals surface area contributed by atoms with Gasteiger partial charge in [0.1, 0.15) is 22.8 Å². The molecule has 6 saturated carbocycles. The molecule has 6 fully saturated rings. The minimum absolute atomic E-state index is 0.122. The molecule has 406 valence electrons. The van der Waals surface area contributed by atoms with Gasteiger partial charge in [0.2, 0.25) is 0 Å². The van der Waals surface area contributed by atoms with E-state index >= 15 is 8.78 Å². The standard InChI is InChI=1S/C34H46FNO2.C33H44FNO2/c1-21(2)36(7)30-13-9-23(19-29(30)35)27-20-33(6)28(14-15-34(33,38)17-16-32(3,4)5)26-11-8-22-18-24(37)10-12-25(22)31(26)27;1-20(2)35-29-12-8-22(18-28(29)34)26-19-32(6)27(13-14-33(32,37)16-15-31(3,4)5)25-10-7-21-17-23(36)9-11-24(21)30(25)26/h9,13,18-19,21,25-28,31,38H,8,10-12,14-15,20H2,1-7H3;8,12,17-18,20,24-27,30,35,37H,7,9-11,13-14,19H2,1-6H3/t25-,26-,27+,28-,31+,33-,34+;24-,25-,26+,27-,30+,32-,33+/m00/s1. The number of ketones is 2. The van der Waals surface area contributed by atoms with Crippen LogP contribution in [-0.2, 0) is 9.59 Å². The van der Waals surface area contributed by atoms with Crippen molar-refractivity contribution in [3.05, 3.63) is 82.5 Å². The van der Waals surface area contributed by atoms with Crippen molar-refractivity contribution in [3.8, 4) is 23.7 Å². The summed E-state index contributed by atoms with van der Waals surface area (Å²) in [6.45, 7) is 25.2. The zero-order chi connectivity index (χ0) is 54.4. The number of halogens is 2. The van der Waals surface area contributed by atoms with Crippen molar-refractivity contribution >= 4 is 22.9 Å². The Hall–Kier alpha value is -4.24. The summed E-state index contributed by atoms with van der Waals surface area (Å²) in [6, 6.07) is 11.9. The molecular formula is C67H90F2N2O4. The summed E-state index contributed by atoms with van der Waals surface area (Å²) in [7, 11) is 1.94. The maximum atomic E-state index is 15.6. The number of benzene rings is 2. The van der Waals surface area contributed by atoms with Gasteiger partial charge in [-0.1, -0.05) is 60.8 Å². The highest BCUT2D eigenvalue weighted by Gasteiger charge is 2.66. The van der Waals surface area contributed by atoms with Gasteiger partial charge in [-0.25, -0.2) is 8.78 Å². The average molecular weight is 1030 g/mol. The third kappa shape index (κ3) is 10.4. The normalized spacial score (nSPS) is 36.8. The Kier molecular flexibility index (Phi) is 15.0. The van der Waals surface area contributed by atoms with Crippen molar-refractivity contribution in [1.29, 1.82) is 0 Å². The van der Waals surface area contributed by atoms with Crippen LogP contribution in [-0.4, -0.2) is 52.1 Å². The molecule has 8 aliphatic carbocycles. The summed E-state index contributed by atoms with van der Waals surface area (Å²) in [4.78, 5) is 26.6. The Morgan fingerprint density at radius 3 is 1.47 bits per heavy atom. The third-order valence-electron chi connectivity index (χ3n) is 20.6. The van der Waals surface area contributed by atoms with Crippen molar-refractivity contribution < 1.29 is 28.6 Å². The number of allylic oxidation sites excluding steroid dienone is 2. The number of aliphatic hydroxyl groups is 2. The van der Waals surface area contributed by atoms with Gasteiger partial charge in [0, 0.05) is 53.6 Å². The number of rotatable bonds is 6. The summed E-state index contributed by atoms with van der Waals surface area (Å²) in [5, 5.41) is 27.5. The highest BCUT2D eigenvalue weighted by molar-refractivity contribution is 5.92. The number of nitrogens with one attached hydrogen (secondary N) is 1. The van der Waals surface area contributed by atoms with Crippen LogP contribution in [0.25, 0.3) is 0 Å². The topological polar surface area (TPSA) is 89.9 Å². The smallest absolute Gasteiger partial charge is 0.155 e. The van der Waals surface area contributed by atoms with E-state index in [1.165, 1.54) is 11.1 Å². The number of hydrogen-bond donors (Lipinski definition) is 3. The molecule has 0 aliphatic heterocycles. The first-order valence-electron chi connectivity index (χ1n) is 29.1. The molecule has 8 heteroatoms. The van der Waals surface area contributed by atoms with Gasteiger partial charge in [-0.05, 0) is 253 Å². The molecule has 14 atom stereocenters. The van der Waals surface area contributed by atoms with E-state index in [-0.39, 0.29) is 68.8 Å². The lowest BCUT2D eigenvalue weighted by Crippen LogP contribution is -2.54. The van der Waals surface area contributed by atoms with Crippen molar-refractivity contribution in [1.82, 2.24) is 0 Å². The molecule has 0 radical (unpaired) electrons. The van der Waals surface area contributed by atoms with Gasteiger partial charge in [-0.3, -0.25) is 9.59 Å². The van der Waals surface area contributed by atoms with Gasteiger partial charge in [0.15, 0.2) is 11.6 Å². The number of nitrogens with zero attached hydrogens (tertiary/aromatic N) is 1. The van der Waals surface area contributed by atoms with Gasteiger partial charge in [0.25, 0.3) is 0 Å². The predicted molar refractivity (Wildman–Crippen MR) is 300 cm³/mol. The van der Waals surface area contributed by atoms with E-state index in [1.54, 1.807) is 12.1 Å². The van der Waals surface area contributed by atoms with Crippen LogP contribution in [0, 0.1) is 104 Å². The van der Waals surface area contributed by atoms with E-state index in [2.05, 4.69) is 110 Å². The monoisotopic (exact) mass is 1020 g/mol. The second-order valence-corrected chi connectivity index (χ2v) is 28.1. The molecule has 0 spiro atoms. The fourth-order valence-electron chi connectivity index (χ4n) is 16.8. The highest BCUT2D eigenvalue weighted by atomic mass is 19.1. The zero-order valence-electron chi connectivity index (χ0n) is 47.9. The Balaban J connectivity index is 0.000000184. The molecule has 6 nitrogen and oxygen atoms in total. The highest BCUT2D eigenvalue weighted by Crippen LogP contribution is 2.70. The van der Waals surface area contributed by atoms with Crippen molar-refractivity contribution in [2.45, 2.75) is 208 Å². The third-order valence-corrected chi connectivity index (χ3v) is 20.6. The summed E-state index contributed by atoms with van der Waals surface area (Å²) in [5.74, 6) is 17.0. The van der Waals surface area contributed by atoms with E-state index in [4.69, 9.17) is 0 Å². The summed E-state index contributed by atoms with van der Waals surface area (Å²) < 4.78 is 31.0. The summed E-state index contributed by atoms with van der Waals surface area (Å²) >= 11 is 0. The van der Waals surface area contributed by atoms with Gasteiger partial charge in [-0.2, -0.15) is 0 Å². The first-order valence-corrected chi connectivity index (χ1v) is 29.1. The molecule has 0 heterocycles. The molecule has 0 aromatic heterocycles. The summed E-state index contributed by atoms with van der Waals surface area (Å²) in [6.07, 6.45) is 15.8. The van der Waals surface area contributed by atoms with Gasteiger partial charge < -0.3 is 20.4 Å². The fourth-order valence-corrected chi connectivity index (χ4v) is 16.8. The molecule has 75 heavy (non-hydrogen) atoms. The van der Waals surface area contributed by atoms with Crippen LogP contribution < -0.4 is 10.2 Å². The lowest BCUT2D eigenvalue weighted by atomic mass is 9.46. The van der Waals surface area contributed by atoms with Crippen LogP contribution >= 0.6 is 0 Å². The van der Waals surface area contributed by atoms with Gasteiger partial charge >= 0.3 is 0 Å². The van der Waals surface area contributed by atoms with E-state index in [0.717, 1.165) is 75.3 Å². The molecule has 0 unspecified atom stereocenters. The SMILES string of the molecule is CC(C)N(C)c1ccc([C@H]2C[C@@]3(C)[C@@H](CC[C@@]3(O)C#CC(C)(C)C)[C@@H]3CCC4=CC(=O)CC[C@@H]4[C@H]32)cc1F.CC(C)Nc1ccc([C@H]2C[C@@]3(C)[C@@H](CC[C@@]3(O)C#CC(C)(C)C)[C@@H]3CCC4=CC(=O)CC[C@@H]4[C@H]32)cc1F. The minimum atomic E-state index is -1.04. The van der Waals surface area contributed by atoms with Crippen LogP contribution in [0.5, 0.6) is 0 Å². The zero-order valence-corrected chi connectivity index (χ0v) is 47.9. The Morgan fingerprint density at radius 2 is 1.07 bits per heavy atom. The molecule has 2 aromatic carbocycles. The maximum Gasteiger partial charge on any atom is 0.155 e. The first kappa shape index (κ1) is 55.5.